The summed E-state index contributed by atoms with van der Waals surface area (Å²) >= 11 is 5.76. The van der Waals surface area contributed by atoms with Crippen molar-refractivity contribution >= 4 is 23.4 Å². The average molecular weight is 372 g/mol. The van der Waals surface area contributed by atoms with E-state index in [-0.39, 0.29) is 11.8 Å². The highest BCUT2D eigenvalue weighted by atomic mass is 35.5. The molecule has 0 N–H and O–H groups in total. The second-order valence-electron chi connectivity index (χ2n) is 6.73. The molecule has 0 atom stereocenters. The highest BCUT2D eigenvalue weighted by molar-refractivity contribution is 6.29. The van der Waals surface area contributed by atoms with E-state index in [1.54, 1.807) is 21.9 Å². The van der Waals surface area contributed by atoms with Crippen LogP contribution in [0.25, 0.3) is 0 Å². The number of halogens is 1. The molecular formula is C20H22ClN3O2. The molecule has 1 fully saturated rings. The molecule has 3 rings (SSSR count). The summed E-state index contributed by atoms with van der Waals surface area (Å²) in [5.41, 5.74) is 2.42. The van der Waals surface area contributed by atoms with Gasteiger partial charge in [0.05, 0.1) is 5.56 Å². The second-order valence-corrected chi connectivity index (χ2v) is 7.12. The van der Waals surface area contributed by atoms with Gasteiger partial charge >= 0.3 is 0 Å². The Morgan fingerprint density at radius 1 is 0.885 bits per heavy atom. The first-order valence-electron chi connectivity index (χ1n) is 8.76. The summed E-state index contributed by atoms with van der Waals surface area (Å²) < 4.78 is 0. The number of carbonyl (C=O) groups is 2. The van der Waals surface area contributed by atoms with E-state index in [4.69, 9.17) is 11.6 Å². The van der Waals surface area contributed by atoms with E-state index < -0.39 is 0 Å². The second kappa shape index (κ2) is 7.87. The Labute approximate surface area is 158 Å². The minimum absolute atomic E-state index is 0.0144. The molecule has 2 aromatic rings. The molecule has 26 heavy (non-hydrogen) atoms. The van der Waals surface area contributed by atoms with Gasteiger partial charge in [-0.2, -0.15) is 0 Å². The Balaban J connectivity index is 1.60. The van der Waals surface area contributed by atoms with Crippen LogP contribution >= 0.6 is 11.6 Å². The molecular weight excluding hydrogens is 350 g/mol. The van der Waals surface area contributed by atoms with Crippen molar-refractivity contribution in [3.8, 4) is 0 Å². The summed E-state index contributed by atoms with van der Waals surface area (Å²) in [5, 5.41) is 0.362. The number of benzene rings is 1. The van der Waals surface area contributed by atoms with Gasteiger partial charge < -0.3 is 9.80 Å². The van der Waals surface area contributed by atoms with Crippen LogP contribution in [0, 0.1) is 0 Å². The van der Waals surface area contributed by atoms with Crippen molar-refractivity contribution in [3.05, 3.63) is 64.4 Å². The third-order valence-electron chi connectivity index (χ3n) is 4.65. The van der Waals surface area contributed by atoms with Crippen LogP contribution in [0.4, 0.5) is 0 Å². The van der Waals surface area contributed by atoms with E-state index in [1.165, 1.54) is 11.8 Å². The number of pyridine rings is 1. The Morgan fingerprint density at radius 3 is 1.85 bits per heavy atom. The molecule has 1 aromatic carbocycles. The Kier molecular flexibility index (Phi) is 5.57. The van der Waals surface area contributed by atoms with Crippen molar-refractivity contribution in [2.45, 2.75) is 19.8 Å². The third kappa shape index (κ3) is 4.05. The smallest absolute Gasteiger partial charge is 0.255 e. The Hall–Kier alpha value is -2.40. The predicted octanol–water partition coefficient (Wildman–Crippen LogP) is 3.46. The summed E-state index contributed by atoms with van der Waals surface area (Å²) in [4.78, 5) is 32.7. The van der Waals surface area contributed by atoms with Crippen molar-refractivity contribution in [2.24, 2.45) is 0 Å². The largest absolute Gasteiger partial charge is 0.335 e. The molecule has 1 aliphatic rings. The summed E-state index contributed by atoms with van der Waals surface area (Å²) in [6.45, 7) is 6.33. The van der Waals surface area contributed by atoms with Crippen LogP contribution in [0.5, 0.6) is 0 Å². The molecule has 1 saturated heterocycles. The molecule has 0 spiro atoms. The Bertz CT molecular complexity index is 780. The lowest BCUT2D eigenvalue weighted by molar-refractivity contribution is 0.0535. The molecule has 2 heterocycles. The third-order valence-corrected chi connectivity index (χ3v) is 4.88. The van der Waals surface area contributed by atoms with Gasteiger partial charge in [0.1, 0.15) is 5.15 Å². The fourth-order valence-electron chi connectivity index (χ4n) is 2.99. The first-order valence-corrected chi connectivity index (χ1v) is 9.13. The zero-order chi connectivity index (χ0) is 18.7. The maximum Gasteiger partial charge on any atom is 0.255 e. The first kappa shape index (κ1) is 18.4. The fourth-order valence-corrected chi connectivity index (χ4v) is 3.10. The van der Waals surface area contributed by atoms with Gasteiger partial charge in [-0.3, -0.25) is 9.59 Å². The average Bonchev–Trinajstić information content (AvgIpc) is 2.67. The molecule has 136 valence electrons. The van der Waals surface area contributed by atoms with Crippen molar-refractivity contribution in [1.82, 2.24) is 14.8 Å². The number of rotatable bonds is 3. The number of hydrogen-bond donors (Lipinski definition) is 0. The van der Waals surface area contributed by atoms with Gasteiger partial charge in [0, 0.05) is 37.9 Å². The fraction of sp³-hybridized carbons (Fsp3) is 0.350. The molecule has 0 saturated carbocycles. The summed E-state index contributed by atoms with van der Waals surface area (Å²) in [6, 6.07) is 11.1. The maximum absolute atomic E-state index is 12.7. The molecule has 0 bridgehead atoms. The lowest BCUT2D eigenvalue weighted by Crippen LogP contribution is -2.50. The van der Waals surface area contributed by atoms with E-state index in [0.29, 0.717) is 48.4 Å². The van der Waals surface area contributed by atoms with Crippen molar-refractivity contribution < 1.29 is 9.59 Å². The van der Waals surface area contributed by atoms with E-state index >= 15 is 0 Å². The van der Waals surface area contributed by atoms with Gasteiger partial charge in [0.15, 0.2) is 0 Å². The topological polar surface area (TPSA) is 53.5 Å². The van der Waals surface area contributed by atoms with Crippen LogP contribution in [-0.4, -0.2) is 52.8 Å². The lowest BCUT2D eigenvalue weighted by atomic mass is 10.0. The van der Waals surface area contributed by atoms with Crippen LogP contribution in [0.15, 0.2) is 42.6 Å². The number of carbonyl (C=O) groups excluding carboxylic acids is 2. The molecule has 0 unspecified atom stereocenters. The molecule has 0 radical (unpaired) electrons. The van der Waals surface area contributed by atoms with Crippen LogP contribution < -0.4 is 0 Å². The van der Waals surface area contributed by atoms with Crippen LogP contribution in [0.2, 0.25) is 5.15 Å². The first-order chi connectivity index (χ1) is 12.5. The number of piperazine rings is 1. The van der Waals surface area contributed by atoms with Crippen LogP contribution in [0.1, 0.15) is 46.0 Å². The summed E-state index contributed by atoms with van der Waals surface area (Å²) in [6.07, 6.45) is 1.48. The zero-order valence-corrected chi connectivity index (χ0v) is 15.7. The minimum atomic E-state index is -0.0810. The van der Waals surface area contributed by atoms with E-state index in [9.17, 15) is 9.59 Å². The van der Waals surface area contributed by atoms with Gasteiger partial charge in [-0.15, -0.1) is 0 Å². The van der Waals surface area contributed by atoms with Gasteiger partial charge in [0.25, 0.3) is 11.8 Å². The van der Waals surface area contributed by atoms with Gasteiger partial charge in [-0.1, -0.05) is 37.6 Å². The predicted molar refractivity (Wildman–Crippen MR) is 102 cm³/mol. The molecule has 1 aliphatic heterocycles. The van der Waals surface area contributed by atoms with Gasteiger partial charge in [-0.05, 0) is 35.7 Å². The number of amides is 2. The quantitative estimate of drug-likeness (QED) is 0.776. The number of nitrogens with zero attached hydrogens (tertiary/aromatic N) is 3. The molecule has 6 heteroatoms. The highest BCUT2D eigenvalue weighted by Gasteiger charge is 2.25. The SMILES string of the molecule is CC(C)c1ccc(C(=O)N2CCN(C(=O)c3ccc(Cl)nc3)CC2)cc1. The zero-order valence-electron chi connectivity index (χ0n) is 15.0. The van der Waals surface area contributed by atoms with Gasteiger partial charge in [0.2, 0.25) is 0 Å². The summed E-state index contributed by atoms with van der Waals surface area (Å²) in [7, 11) is 0. The maximum atomic E-state index is 12.7. The Morgan fingerprint density at radius 2 is 1.38 bits per heavy atom. The normalized spacial score (nSPS) is 14.6. The van der Waals surface area contributed by atoms with Crippen LogP contribution in [-0.2, 0) is 0 Å². The van der Waals surface area contributed by atoms with Crippen molar-refractivity contribution in [3.63, 3.8) is 0 Å². The van der Waals surface area contributed by atoms with Crippen molar-refractivity contribution in [2.75, 3.05) is 26.2 Å². The molecule has 5 nitrogen and oxygen atoms in total. The minimum Gasteiger partial charge on any atom is -0.335 e. The van der Waals surface area contributed by atoms with Crippen molar-refractivity contribution in [1.29, 1.82) is 0 Å². The molecule has 1 aromatic heterocycles. The molecule has 0 aliphatic carbocycles. The highest BCUT2D eigenvalue weighted by Crippen LogP contribution is 2.17. The lowest BCUT2D eigenvalue weighted by Gasteiger charge is -2.34. The van der Waals surface area contributed by atoms with E-state index in [2.05, 4.69) is 18.8 Å². The monoisotopic (exact) mass is 371 g/mol. The van der Waals surface area contributed by atoms with Crippen LogP contribution in [0.3, 0.4) is 0 Å². The van der Waals surface area contributed by atoms with Gasteiger partial charge in [-0.25, -0.2) is 4.98 Å². The number of hydrogen-bond acceptors (Lipinski definition) is 3. The molecule has 2 amide bonds. The van der Waals surface area contributed by atoms with E-state index in [1.807, 2.05) is 24.3 Å². The summed E-state index contributed by atoms with van der Waals surface area (Å²) in [5.74, 6) is 0.374. The standard InChI is InChI=1S/C20H22ClN3O2/c1-14(2)15-3-5-16(6-4-15)19(25)23-9-11-24(12-10-23)20(26)17-7-8-18(21)22-13-17/h3-8,13-14H,9-12H2,1-2H3. The number of aromatic nitrogens is 1. The van der Waals surface area contributed by atoms with E-state index in [0.717, 1.165) is 0 Å².